The van der Waals surface area contributed by atoms with Crippen LogP contribution in [0, 0.1) is 5.92 Å². The highest BCUT2D eigenvalue weighted by Gasteiger charge is 2.75. The van der Waals surface area contributed by atoms with Crippen LogP contribution in [-0.4, -0.2) is 99.8 Å². The SMILES string of the molecule is COCCOC(=O)N1C(=O)C2(c3ccccc31)C(C(=O)Nc1ccc(N3CCOCC3)cc1)C1C(=O)OC(c3ccccc3)C(c3ccccc3)N1C2c1ccc(OCCO)cc1. The number of anilines is 3. The van der Waals surface area contributed by atoms with Crippen LogP contribution in [-0.2, 0) is 38.7 Å². The smallest absolute Gasteiger partial charge is 0.421 e. The minimum atomic E-state index is -1.93. The molecule has 9 rings (SSSR count). The Morgan fingerprint density at radius 3 is 2.11 bits per heavy atom. The molecule has 3 fully saturated rings. The Hall–Kier alpha value is -6.58. The number of para-hydroxylation sites is 1. The van der Waals surface area contributed by atoms with Gasteiger partial charge in [0.25, 0.3) is 0 Å². The number of aliphatic hydroxyl groups excluding tert-OH is 1. The van der Waals surface area contributed by atoms with Gasteiger partial charge in [-0.2, -0.15) is 0 Å². The molecular weight excluding hydrogens is 805 g/mol. The van der Waals surface area contributed by atoms with Crippen LogP contribution in [0.3, 0.4) is 0 Å². The third-order valence-electron chi connectivity index (χ3n) is 12.4. The molecule has 6 unspecified atom stereocenters. The van der Waals surface area contributed by atoms with Crippen molar-refractivity contribution < 1.29 is 48.0 Å². The van der Waals surface area contributed by atoms with E-state index in [1.807, 2.05) is 77.7 Å². The predicted molar refractivity (Wildman–Crippen MR) is 232 cm³/mol. The second kappa shape index (κ2) is 18.0. The number of esters is 1. The lowest BCUT2D eigenvalue weighted by molar-refractivity contribution is -0.177. The molecular formula is C49H48N4O10. The number of fused-ring (bicyclic) bond motifs is 3. The Morgan fingerprint density at radius 2 is 1.43 bits per heavy atom. The Labute approximate surface area is 364 Å². The van der Waals surface area contributed by atoms with Crippen LogP contribution in [0.2, 0.25) is 0 Å². The van der Waals surface area contributed by atoms with Crippen molar-refractivity contribution in [3.05, 3.63) is 156 Å². The van der Waals surface area contributed by atoms with Gasteiger partial charge in [0.05, 0.1) is 50.1 Å². The van der Waals surface area contributed by atoms with Crippen molar-refractivity contribution in [2.24, 2.45) is 5.92 Å². The topological polar surface area (TPSA) is 156 Å². The number of benzene rings is 5. The van der Waals surface area contributed by atoms with Gasteiger partial charge >= 0.3 is 12.1 Å². The fourth-order valence-electron chi connectivity index (χ4n) is 9.83. The Balaban J connectivity index is 1.27. The molecule has 3 saturated heterocycles. The predicted octanol–water partition coefficient (Wildman–Crippen LogP) is 5.98. The van der Waals surface area contributed by atoms with E-state index >= 15 is 14.4 Å². The highest BCUT2D eigenvalue weighted by molar-refractivity contribution is 6.24. The molecule has 4 aliphatic heterocycles. The molecule has 6 atom stereocenters. The average Bonchev–Trinajstić information content (AvgIpc) is 3.79. The summed E-state index contributed by atoms with van der Waals surface area (Å²) in [4.78, 5) is 66.2. The first-order chi connectivity index (χ1) is 30.9. The van der Waals surface area contributed by atoms with Crippen molar-refractivity contribution in [1.29, 1.82) is 0 Å². The fraction of sp³-hybridized carbons (Fsp3) is 0.306. The van der Waals surface area contributed by atoms with Crippen LogP contribution in [0.5, 0.6) is 5.75 Å². The van der Waals surface area contributed by atoms with Gasteiger partial charge < -0.3 is 39.0 Å². The number of cyclic esters (lactones) is 1. The molecule has 324 valence electrons. The van der Waals surface area contributed by atoms with Gasteiger partial charge in [-0.1, -0.05) is 91.0 Å². The van der Waals surface area contributed by atoms with E-state index in [1.165, 1.54) is 7.11 Å². The molecule has 2 N–H and O–H groups in total. The summed E-state index contributed by atoms with van der Waals surface area (Å²) < 4.78 is 28.6. The van der Waals surface area contributed by atoms with Crippen molar-refractivity contribution >= 4 is 40.9 Å². The van der Waals surface area contributed by atoms with Crippen molar-refractivity contribution in [3.63, 3.8) is 0 Å². The van der Waals surface area contributed by atoms with Crippen LogP contribution in [0.4, 0.5) is 21.9 Å². The third kappa shape index (κ3) is 7.48. The second-order valence-corrected chi connectivity index (χ2v) is 15.8. The average molecular weight is 853 g/mol. The monoisotopic (exact) mass is 852 g/mol. The molecule has 4 aliphatic rings. The zero-order valence-corrected chi connectivity index (χ0v) is 34.7. The lowest BCUT2D eigenvalue weighted by atomic mass is 9.65. The maximum absolute atomic E-state index is 16.1. The third-order valence-corrected chi connectivity index (χ3v) is 12.4. The number of hydrogen-bond acceptors (Lipinski definition) is 12. The zero-order chi connectivity index (χ0) is 43.5. The van der Waals surface area contributed by atoms with Gasteiger partial charge in [-0.05, 0) is 64.7 Å². The number of hydrogen-bond donors (Lipinski definition) is 2. The number of imide groups is 1. The number of nitrogens with zero attached hydrogens (tertiary/aromatic N) is 3. The summed E-state index contributed by atoms with van der Waals surface area (Å²) in [5, 5.41) is 12.6. The molecule has 5 aromatic carbocycles. The fourth-order valence-corrected chi connectivity index (χ4v) is 9.83. The number of aliphatic hydroxyl groups is 1. The molecule has 0 saturated carbocycles. The number of carbonyl (C=O) groups excluding carboxylic acids is 4. The van der Waals surface area contributed by atoms with E-state index in [9.17, 15) is 9.90 Å². The number of methoxy groups -OCH3 is 1. The molecule has 0 aromatic heterocycles. The normalized spacial score (nSPS) is 24.1. The maximum atomic E-state index is 16.1. The first kappa shape index (κ1) is 41.8. The van der Waals surface area contributed by atoms with Gasteiger partial charge in [0.1, 0.15) is 36.5 Å². The Morgan fingerprint density at radius 1 is 0.762 bits per heavy atom. The molecule has 0 radical (unpaired) electrons. The molecule has 0 aliphatic carbocycles. The lowest BCUT2D eigenvalue weighted by Crippen LogP contribution is -2.54. The molecule has 3 amide bonds. The number of amides is 3. The van der Waals surface area contributed by atoms with Crippen LogP contribution in [0.15, 0.2) is 133 Å². The standard InChI is InChI=1S/C49H48N4O10/c1-59-30-31-62-48(58)52-39-15-9-8-14-38(39)49(47(52)57)40(45(55)50-35-18-20-36(21-19-35)51-24-27-60-28-25-51)42-46(56)63-43(33-12-6-3-7-13-33)41(32-10-4-2-5-11-32)53(42)44(49)34-16-22-37(23-17-34)61-29-26-54/h2-23,40-44,54H,24-31H2,1H3,(H,50,55). The largest absolute Gasteiger partial charge is 0.491 e. The number of morpholine rings is 2. The first-order valence-corrected chi connectivity index (χ1v) is 21.1. The lowest BCUT2D eigenvalue weighted by Gasteiger charge is -2.46. The molecule has 1 spiro atoms. The Bertz CT molecular complexity index is 2430. The maximum Gasteiger partial charge on any atom is 0.421 e. The van der Waals surface area contributed by atoms with E-state index in [1.54, 1.807) is 60.7 Å². The van der Waals surface area contributed by atoms with Gasteiger partial charge in [-0.25, -0.2) is 9.69 Å². The van der Waals surface area contributed by atoms with Gasteiger partial charge in [-0.15, -0.1) is 0 Å². The summed E-state index contributed by atoms with van der Waals surface area (Å²) in [6.07, 6.45) is -1.82. The molecule has 14 nitrogen and oxygen atoms in total. The van der Waals surface area contributed by atoms with Gasteiger partial charge in [0.2, 0.25) is 11.8 Å². The summed E-state index contributed by atoms with van der Waals surface area (Å²) in [5.41, 5.74) is 2.16. The summed E-state index contributed by atoms with van der Waals surface area (Å²) in [6, 6.07) is 37.2. The molecule has 5 aromatic rings. The van der Waals surface area contributed by atoms with E-state index in [2.05, 4.69) is 10.2 Å². The highest BCUT2D eigenvalue weighted by Crippen LogP contribution is 2.66. The summed E-state index contributed by atoms with van der Waals surface area (Å²) in [5.74, 6) is -3.05. The second-order valence-electron chi connectivity index (χ2n) is 15.8. The van der Waals surface area contributed by atoms with Crippen molar-refractivity contribution in [3.8, 4) is 5.75 Å². The van der Waals surface area contributed by atoms with Crippen molar-refractivity contribution in [2.75, 3.05) is 75.0 Å². The number of carbonyl (C=O) groups is 4. The minimum absolute atomic E-state index is 0.0588. The minimum Gasteiger partial charge on any atom is -0.491 e. The molecule has 14 heteroatoms. The molecule has 0 bridgehead atoms. The summed E-state index contributed by atoms with van der Waals surface area (Å²) >= 11 is 0. The summed E-state index contributed by atoms with van der Waals surface area (Å²) in [6.45, 7) is 2.49. The Kier molecular flexibility index (Phi) is 11.9. The quantitative estimate of drug-likeness (QED) is 0.112. The first-order valence-electron chi connectivity index (χ1n) is 21.1. The van der Waals surface area contributed by atoms with Crippen LogP contribution >= 0.6 is 0 Å². The van der Waals surface area contributed by atoms with Crippen LogP contribution < -0.4 is 19.9 Å². The van der Waals surface area contributed by atoms with Crippen molar-refractivity contribution in [1.82, 2.24) is 4.90 Å². The number of rotatable bonds is 12. The van der Waals surface area contributed by atoms with E-state index in [0.29, 0.717) is 41.3 Å². The number of nitrogens with one attached hydrogen (secondary N) is 1. The van der Waals surface area contributed by atoms with E-state index in [0.717, 1.165) is 29.2 Å². The van der Waals surface area contributed by atoms with Crippen LogP contribution in [0.25, 0.3) is 0 Å². The zero-order valence-electron chi connectivity index (χ0n) is 34.7. The van der Waals surface area contributed by atoms with Crippen LogP contribution in [0.1, 0.15) is 40.4 Å². The van der Waals surface area contributed by atoms with E-state index in [-0.39, 0.29) is 32.1 Å². The van der Waals surface area contributed by atoms with E-state index in [4.69, 9.17) is 23.7 Å². The highest BCUT2D eigenvalue weighted by atomic mass is 16.6. The molecule has 4 heterocycles. The summed E-state index contributed by atoms with van der Waals surface area (Å²) in [7, 11) is 1.48. The van der Waals surface area contributed by atoms with Crippen molar-refractivity contribution in [2.45, 2.75) is 29.6 Å². The molecule has 63 heavy (non-hydrogen) atoms. The van der Waals surface area contributed by atoms with Gasteiger partial charge in [0.15, 0.2) is 0 Å². The van der Waals surface area contributed by atoms with Gasteiger partial charge in [0, 0.05) is 31.6 Å². The van der Waals surface area contributed by atoms with E-state index < -0.39 is 59.4 Å². The number of ether oxygens (including phenoxy) is 5. The van der Waals surface area contributed by atoms with Gasteiger partial charge in [-0.3, -0.25) is 19.3 Å².